The van der Waals surface area contributed by atoms with Gasteiger partial charge in [0, 0.05) is 29.2 Å². The first kappa shape index (κ1) is 20.7. The van der Waals surface area contributed by atoms with Gasteiger partial charge >= 0.3 is 0 Å². The Morgan fingerprint density at radius 2 is 1.87 bits per heavy atom. The molecule has 2 heterocycles. The SMILES string of the molecule is COc1ccc(CN2C(=O)/C(=C/c3cn(CC(C)C)c4ccccc34)SC2=S)cc1. The fourth-order valence-electron chi connectivity index (χ4n) is 3.63. The third-order valence-electron chi connectivity index (χ3n) is 5.04. The van der Waals surface area contributed by atoms with E-state index in [0.717, 1.165) is 28.8 Å². The smallest absolute Gasteiger partial charge is 0.266 e. The summed E-state index contributed by atoms with van der Waals surface area (Å²) in [5, 5.41) is 1.15. The first-order valence-corrected chi connectivity index (χ1v) is 11.1. The molecule has 0 unspecified atom stereocenters. The third-order valence-corrected chi connectivity index (χ3v) is 6.42. The fourth-order valence-corrected chi connectivity index (χ4v) is 4.87. The van der Waals surface area contributed by atoms with Crippen LogP contribution in [0.2, 0.25) is 0 Å². The predicted molar refractivity (Wildman–Crippen MR) is 128 cm³/mol. The number of para-hydroxylation sites is 1. The molecule has 3 aromatic rings. The van der Waals surface area contributed by atoms with Crippen molar-refractivity contribution >= 4 is 51.2 Å². The number of carbonyl (C=O) groups excluding carboxylic acids is 1. The van der Waals surface area contributed by atoms with E-state index in [1.165, 1.54) is 17.3 Å². The average Bonchev–Trinajstić information content (AvgIpc) is 3.20. The van der Waals surface area contributed by atoms with Crippen LogP contribution in [0, 0.1) is 5.92 Å². The molecule has 6 heteroatoms. The van der Waals surface area contributed by atoms with E-state index in [4.69, 9.17) is 17.0 Å². The quantitative estimate of drug-likeness (QED) is 0.366. The molecule has 4 nitrogen and oxygen atoms in total. The Morgan fingerprint density at radius 3 is 2.57 bits per heavy atom. The summed E-state index contributed by atoms with van der Waals surface area (Å²) >= 11 is 6.88. The molecule has 0 bridgehead atoms. The standard InChI is InChI=1S/C24H24N2O2S2/c1-16(2)13-25-15-18(20-6-4-5-7-21(20)25)12-22-23(27)26(24(29)30-22)14-17-8-10-19(28-3)11-9-17/h4-12,15-16H,13-14H2,1-3H3/b22-12-. The van der Waals surface area contributed by atoms with Crippen LogP contribution in [0.1, 0.15) is 25.0 Å². The predicted octanol–water partition coefficient (Wildman–Crippen LogP) is 5.71. The largest absolute Gasteiger partial charge is 0.497 e. The van der Waals surface area contributed by atoms with Crippen molar-refractivity contribution in [2.45, 2.75) is 26.9 Å². The zero-order chi connectivity index (χ0) is 21.3. The number of thiocarbonyl (C=S) groups is 1. The molecule has 1 fully saturated rings. The highest BCUT2D eigenvalue weighted by Crippen LogP contribution is 2.35. The summed E-state index contributed by atoms with van der Waals surface area (Å²) in [6.45, 7) is 5.81. The first-order valence-electron chi connectivity index (χ1n) is 9.92. The van der Waals surface area contributed by atoms with Gasteiger partial charge in [-0.1, -0.05) is 68.2 Å². The number of benzene rings is 2. The maximum absolute atomic E-state index is 13.1. The first-order chi connectivity index (χ1) is 14.5. The fraction of sp³-hybridized carbons (Fsp3) is 0.250. The molecule has 1 amide bonds. The molecule has 0 saturated carbocycles. The highest BCUT2D eigenvalue weighted by atomic mass is 32.2. The summed E-state index contributed by atoms with van der Waals surface area (Å²) in [6, 6.07) is 16.0. The van der Waals surface area contributed by atoms with Gasteiger partial charge in [-0.25, -0.2) is 0 Å². The Balaban J connectivity index is 1.62. The number of ether oxygens (including phenoxy) is 1. The van der Waals surface area contributed by atoms with Gasteiger partial charge in [-0.2, -0.15) is 0 Å². The number of amides is 1. The third kappa shape index (κ3) is 4.16. The van der Waals surface area contributed by atoms with Crippen LogP contribution in [-0.4, -0.2) is 26.8 Å². The molecule has 1 aliphatic heterocycles. The van der Waals surface area contributed by atoms with E-state index in [9.17, 15) is 4.79 Å². The van der Waals surface area contributed by atoms with Crippen molar-refractivity contribution in [3.05, 3.63) is 70.8 Å². The topological polar surface area (TPSA) is 34.5 Å². The minimum Gasteiger partial charge on any atom is -0.497 e. The monoisotopic (exact) mass is 436 g/mol. The van der Waals surface area contributed by atoms with E-state index in [-0.39, 0.29) is 5.91 Å². The molecular weight excluding hydrogens is 412 g/mol. The minimum atomic E-state index is -0.0403. The Labute approximate surface area is 186 Å². The average molecular weight is 437 g/mol. The second-order valence-corrected chi connectivity index (χ2v) is 9.44. The lowest BCUT2D eigenvalue weighted by Gasteiger charge is -2.14. The lowest BCUT2D eigenvalue weighted by atomic mass is 10.1. The molecule has 2 aromatic carbocycles. The molecule has 0 radical (unpaired) electrons. The van der Waals surface area contributed by atoms with Crippen molar-refractivity contribution in [3.63, 3.8) is 0 Å². The van der Waals surface area contributed by atoms with Gasteiger partial charge in [-0.3, -0.25) is 9.69 Å². The molecule has 0 spiro atoms. The molecular formula is C24H24N2O2S2. The number of hydrogen-bond acceptors (Lipinski definition) is 4. The highest BCUT2D eigenvalue weighted by Gasteiger charge is 2.32. The summed E-state index contributed by atoms with van der Waals surface area (Å²) in [5.41, 5.74) is 3.25. The Bertz CT molecular complexity index is 1130. The van der Waals surface area contributed by atoms with E-state index >= 15 is 0 Å². The second kappa shape index (κ2) is 8.66. The minimum absolute atomic E-state index is 0.0403. The maximum Gasteiger partial charge on any atom is 0.266 e. The molecule has 4 rings (SSSR count). The van der Waals surface area contributed by atoms with E-state index in [0.29, 0.717) is 21.7 Å². The van der Waals surface area contributed by atoms with Crippen molar-refractivity contribution in [2.24, 2.45) is 5.92 Å². The van der Waals surface area contributed by atoms with Crippen LogP contribution in [0.4, 0.5) is 0 Å². The summed E-state index contributed by atoms with van der Waals surface area (Å²) in [4.78, 5) is 15.4. The zero-order valence-corrected chi connectivity index (χ0v) is 18.9. The van der Waals surface area contributed by atoms with Gasteiger partial charge < -0.3 is 9.30 Å². The molecule has 1 aromatic heterocycles. The number of aromatic nitrogens is 1. The number of methoxy groups -OCH3 is 1. The van der Waals surface area contributed by atoms with Crippen molar-refractivity contribution in [3.8, 4) is 5.75 Å². The van der Waals surface area contributed by atoms with Crippen LogP contribution in [0.15, 0.2) is 59.6 Å². The number of hydrogen-bond donors (Lipinski definition) is 0. The number of carbonyl (C=O) groups is 1. The maximum atomic E-state index is 13.1. The van der Waals surface area contributed by atoms with Crippen LogP contribution in [0.25, 0.3) is 17.0 Å². The molecule has 0 atom stereocenters. The zero-order valence-electron chi connectivity index (χ0n) is 17.3. The van der Waals surface area contributed by atoms with Crippen LogP contribution in [0.5, 0.6) is 5.75 Å². The van der Waals surface area contributed by atoms with Crippen molar-refractivity contribution < 1.29 is 9.53 Å². The lowest BCUT2D eigenvalue weighted by Crippen LogP contribution is -2.27. The van der Waals surface area contributed by atoms with Crippen molar-refractivity contribution in [1.82, 2.24) is 9.47 Å². The molecule has 154 valence electrons. The van der Waals surface area contributed by atoms with E-state index in [2.05, 4.69) is 42.8 Å². The van der Waals surface area contributed by atoms with Gasteiger partial charge in [0.2, 0.25) is 0 Å². The molecule has 30 heavy (non-hydrogen) atoms. The van der Waals surface area contributed by atoms with E-state index in [1.54, 1.807) is 12.0 Å². The van der Waals surface area contributed by atoms with Gasteiger partial charge in [0.05, 0.1) is 18.6 Å². The van der Waals surface area contributed by atoms with Gasteiger partial charge in [-0.15, -0.1) is 0 Å². The summed E-state index contributed by atoms with van der Waals surface area (Å²) in [5.74, 6) is 1.29. The van der Waals surface area contributed by atoms with Gasteiger partial charge in [0.15, 0.2) is 0 Å². The Hall–Kier alpha value is -2.57. The molecule has 0 N–H and O–H groups in total. The van der Waals surface area contributed by atoms with Crippen molar-refractivity contribution in [2.75, 3.05) is 7.11 Å². The van der Waals surface area contributed by atoms with E-state index < -0.39 is 0 Å². The Kier molecular flexibility index (Phi) is 5.97. The lowest BCUT2D eigenvalue weighted by molar-refractivity contribution is -0.122. The molecule has 1 aliphatic rings. The summed E-state index contributed by atoms with van der Waals surface area (Å²) in [7, 11) is 1.64. The Morgan fingerprint density at radius 1 is 1.13 bits per heavy atom. The van der Waals surface area contributed by atoms with Crippen LogP contribution >= 0.6 is 24.0 Å². The van der Waals surface area contributed by atoms with Crippen LogP contribution < -0.4 is 4.74 Å². The number of nitrogens with zero attached hydrogens (tertiary/aromatic N) is 2. The normalized spacial score (nSPS) is 15.7. The van der Waals surface area contributed by atoms with E-state index in [1.807, 2.05) is 36.4 Å². The molecule has 0 aliphatic carbocycles. The molecule has 1 saturated heterocycles. The van der Waals surface area contributed by atoms with Gasteiger partial charge in [0.25, 0.3) is 5.91 Å². The number of fused-ring (bicyclic) bond motifs is 1. The second-order valence-electron chi connectivity index (χ2n) is 7.76. The van der Waals surface area contributed by atoms with Crippen molar-refractivity contribution in [1.29, 1.82) is 0 Å². The number of rotatable bonds is 6. The van der Waals surface area contributed by atoms with Gasteiger partial charge in [-0.05, 0) is 35.8 Å². The summed E-state index contributed by atoms with van der Waals surface area (Å²) < 4.78 is 8.06. The van der Waals surface area contributed by atoms with Gasteiger partial charge in [0.1, 0.15) is 10.1 Å². The van der Waals surface area contributed by atoms with Crippen LogP contribution in [-0.2, 0) is 17.9 Å². The number of thioether (sulfide) groups is 1. The highest BCUT2D eigenvalue weighted by molar-refractivity contribution is 8.26. The van der Waals surface area contributed by atoms with Crippen LogP contribution in [0.3, 0.4) is 0 Å². The summed E-state index contributed by atoms with van der Waals surface area (Å²) in [6.07, 6.45) is 4.12.